The SMILES string of the molecule is CN(C(=O)CNc1ccc(C#N)cc1)C1CC1. The molecule has 1 aliphatic rings. The van der Waals surface area contributed by atoms with E-state index in [2.05, 4.69) is 11.4 Å². The van der Waals surface area contributed by atoms with Crippen LogP contribution in [0.5, 0.6) is 0 Å². The van der Waals surface area contributed by atoms with Gasteiger partial charge in [0.15, 0.2) is 0 Å². The molecule has 4 nitrogen and oxygen atoms in total. The number of nitriles is 1. The summed E-state index contributed by atoms with van der Waals surface area (Å²) in [5.41, 5.74) is 1.48. The summed E-state index contributed by atoms with van der Waals surface area (Å²) in [6, 6.07) is 9.59. The molecule has 0 atom stereocenters. The van der Waals surface area contributed by atoms with E-state index in [0.717, 1.165) is 18.5 Å². The summed E-state index contributed by atoms with van der Waals surface area (Å²) in [4.78, 5) is 13.5. The van der Waals surface area contributed by atoms with Gasteiger partial charge in [0.2, 0.25) is 5.91 Å². The van der Waals surface area contributed by atoms with E-state index in [1.54, 1.807) is 17.0 Å². The molecule has 1 amide bonds. The second-order valence-corrected chi connectivity index (χ2v) is 4.28. The van der Waals surface area contributed by atoms with Crippen LogP contribution in [-0.2, 0) is 4.79 Å². The number of rotatable bonds is 4. The van der Waals surface area contributed by atoms with Gasteiger partial charge in [-0.05, 0) is 37.1 Å². The van der Waals surface area contributed by atoms with Gasteiger partial charge in [-0.25, -0.2) is 0 Å². The van der Waals surface area contributed by atoms with E-state index < -0.39 is 0 Å². The Balaban J connectivity index is 1.84. The molecule has 4 heteroatoms. The van der Waals surface area contributed by atoms with Crippen molar-refractivity contribution in [3.63, 3.8) is 0 Å². The van der Waals surface area contributed by atoms with Crippen molar-refractivity contribution in [3.8, 4) is 6.07 Å². The standard InChI is InChI=1S/C13H15N3O/c1-16(12-6-7-12)13(17)9-15-11-4-2-10(8-14)3-5-11/h2-5,12,15H,6-7,9H2,1H3. The topological polar surface area (TPSA) is 56.1 Å². The van der Waals surface area contributed by atoms with E-state index >= 15 is 0 Å². The zero-order valence-electron chi connectivity index (χ0n) is 9.81. The zero-order valence-corrected chi connectivity index (χ0v) is 9.81. The van der Waals surface area contributed by atoms with Crippen LogP contribution in [0.3, 0.4) is 0 Å². The first-order chi connectivity index (χ1) is 8.20. The maximum Gasteiger partial charge on any atom is 0.241 e. The Bertz CT molecular complexity index is 443. The van der Waals surface area contributed by atoms with E-state index in [9.17, 15) is 4.79 Å². The molecule has 1 N–H and O–H groups in total. The Kier molecular flexibility index (Phi) is 3.29. The quantitative estimate of drug-likeness (QED) is 0.853. The number of carbonyl (C=O) groups is 1. The lowest BCUT2D eigenvalue weighted by atomic mass is 10.2. The highest BCUT2D eigenvalue weighted by molar-refractivity contribution is 5.81. The lowest BCUT2D eigenvalue weighted by Crippen LogP contribution is -2.33. The summed E-state index contributed by atoms with van der Waals surface area (Å²) in [7, 11) is 1.85. The third-order valence-electron chi connectivity index (χ3n) is 2.95. The van der Waals surface area contributed by atoms with Crippen LogP contribution in [0, 0.1) is 11.3 Å². The second-order valence-electron chi connectivity index (χ2n) is 4.28. The summed E-state index contributed by atoms with van der Waals surface area (Å²) in [5, 5.41) is 11.7. The number of anilines is 1. The predicted octanol–water partition coefficient (Wildman–Crippen LogP) is 1.59. The molecule has 0 spiro atoms. The molecule has 1 aromatic carbocycles. The first-order valence-electron chi connectivity index (χ1n) is 5.70. The highest BCUT2D eigenvalue weighted by atomic mass is 16.2. The van der Waals surface area contributed by atoms with E-state index in [4.69, 9.17) is 5.26 Å². The number of nitrogens with one attached hydrogen (secondary N) is 1. The van der Waals surface area contributed by atoms with Crippen molar-refractivity contribution in [1.29, 1.82) is 5.26 Å². The van der Waals surface area contributed by atoms with Gasteiger partial charge in [-0.15, -0.1) is 0 Å². The van der Waals surface area contributed by atoms with Crippen LogP contribution in [0.1, 0.15) is 18.4 Å². The smallest absolute Gasteiger partial charge is 0.241 e. The van der Waals surface area contributed by atoms with Gasteiger partial charge < -0.3 is 10.2 Å². The van der Waals surface area contributed by atoms with Gasteiger partial charge in [0.1, 0.15) is 0 Å². The monoisotopic (exact) mass is 229 g/mol. The van der Waals surface area contributed by atoms with Crippen molar-refractivity contribution in [2.24, 2.45) is 0 Å². The number of nitrogens with zero attached hydrogens (tertiary/aromatic N) is 2. The van der Waals surface area contributed by atoms with Crippen LogP contribution in [-0.4, -0.2) is 30.4 Å². The molecular formula is C13H15N3O. The molecule has 2 rings (SSSR count). The van der Waals surface area contributed by atoms with Crippen molar-refractivity contribution < 1.29 is 4.79 Å². The fourth-order valence-corrected chi connectivity index (χ4v) is 1.63. The molecule has 0 bridgehead atoms. The number of likely N-dealkylation sites (N-methyl/N-ethyl adjacent to an activating group) is 1. The van der Waals surface area contributed by atoms with Crippen molar-refractivity contribution in [2.45, 2.75) is 18.9 Å². The molecule has 1 saturated carbocycles. The van der Waals surface area contributed by atoms with Crippen molar-refractivity contribution >= 4 is 11.6 Å². The van der Waals surface area contributed by atoms with Gasteiger partial charge in [-0.3, -0.25) is 4.79 Å². The molecule has 0 unspecified atom stereocenters. The molecule has 0 aliphatic heterocycles. The summed E-state index contributed by atoms with van der Waals surface area (Å²) in [5.74, 6) is 0.108. The Morgan fingerprint density at radius 1 is 1.47 bits per heavy atom. The van der Waals surface area contributed by atoms with Gasteiger partial charge in [0.25, 0.3) is 0 Å². The van der Waals surface area contributed by atoms with Gasteiger partial charge in [-0.1, -0.05) is 0 Å². The van der Waals surface area contributed by atoms with Gasteiger partial charge >= 0.3 is 0 Å². The normalized spacial score (nSPS) is 13.9. The average molecular weight is 229 g/mol. The number of carbonyl (C=O) groups excluding carboxylic acids is 1. The molecule has 0 aromatic heterocycles. The first kappa shape index (κ1) is 11.5. The molecule has 1 aromatic rings. The van der Waals surface area contributed by atoms with Crippen LogP contribution in [0.25, 0.3) is 0 Å². The predicted molar refractivity (Wildman–Crippen MR) is 65.4 cm³/mol. The van der Waals surface area contributed by atoms with Crippen LogP contribution in [0.2, 0.25) is 0 Å². The Morgan fingerprint density at radius 2 is 2.12 bits per heavy atom. The van der Waals surface area contributed by atoms with Gasteiger partial charge in [0.05, 0.1) is 18.2 Å². The van der Waals surface area contributed by atoms with E-state index in [-0.39, 0.29) is 5.91 Å². The molecule has 88 valence electrons. The Hall–Kier alpha value is -2.02. The van der Waals surface area contributed by atoms with Gasteiger partial charge in [0, 0.05) is 18.8 Å². The summed E-state index contributed by atoms with van der Waals surface area (Å²) >= 11 is 0. The number of benzene rings is 1. The van der Waals surface area contributed by atoms with Crippen molar-refractivity contribution in [3.05, 3.63) is 29.8 Å². The highest BCUT2D eigenvalue weighted by Gasteiger charge is 2.29. The third kappa shape index (κ3) is 2.97. The molecule has 0 radical (unpaired) electrons. The third-order valence-corrected chi connectivity index (χ3v) is 2.95. The van der Waals surface area contributed by atoms with Crippen LogP contribution in [0.15, 0.2) is 24.3 Å². The molecule has 0 saturated heterocycles. The van der Waals surface area contributed by atoms with Crippen LogP contribution in [0.4, 0.5) is 5.69 Å². The molecule has 1 fully saturated rings. The lowest BCUT2D eigenvalue weighted by Gasteiger charge is -2.16. The molecule has 17 heavy (non-hydrogen) atoms. The molecule has 0 heterocycles. The Labute approximate surface area is 101 Å². The number of hydrogen-bond donors (Lipinski definition) is 1. The summed E-state index contributed by atoms with van der Waals surface area (Å²) in [6.45, 7) is 0.304. The average Bonchev–Trinajstić information content (AvgIpc) is 3.20. The van der Waals surface area contributed by atoms with Crippen molar-refractivity contribution in [1.82, 2.24) is 4.90 Å². The molecular weight excluding hydrogens is 214 g/mol. The van der Waals surface area contributed by atoms with Crippen LogP contribution < -0.4 is 5.32 Å². The lowest BCUT2D eigenvalue weighted by molar-refractivity contribution is -0.128. The second kappa shape index (κ2) is 4.88. The van der Waals surface area contributed by atoms with Gasteiger partial charge in [-0.2, -0.15) is 5.26 Å². The Morgan fingerprint density at radius 3 is 2.65 bits per heavy atom. The summed E-state index contributed by atoms with van der Waals surface area (Å²) < 4.78 is 0. The van der Waals surface area contributed by atoms with E-state index in [1.807, 2.05) is 19.2 Å². The zero-order chi connectivity index (χ0) is 12.3. The maximum atomic E-state index is 11.7. The highest BCUT2D eigenvalue weighted by Crippen LogP contribution is 2.25. The number of amides is 1. The fourth-order valence-electron chi connectivity index (χ4n) is 1.63. The van der Waals surface area contributed by atoms with E-state index in [1.165, 1.54) is 0 Å². The fraction of sp³-hybridized carbons (Fsp3) is 0.385. The molecule has 1 aliphatic carbocycles. The van der Waals surface area contributed by atoms with Crippen LogP contribution >= 0.6 is 0 Å². The summed E-state index contributed by atoms with van der Waals surface area (Å²) in [6.07, 6.45) is 2.25. The van der Waals surface area contributed by atoms with E-state index in [0.29, 0.717) is 18.2 Å². The number of hydrogen-bond acceptors (Lipinski definition) is 3. The largest absolute Gasteiger partial charge is 0.376 e. The minimum atomic E-state index is 0.108. The first-order valence-corrected chi connectivity index (χ1v) is 5.70. The maximum absolute atomic E-state index is 11.7. The minimum absolute atomic E-state index is 0.108. The van der Waals surface area contributed by atoms with Crippen molar-refractivity contribution in [2.75, 3.05) is 18.9 Å². The minimum Gasteiger partial charge on any atom is -0.376 e.